The van der Waals surface area contributed by atoms with Crippen molar-refractivity contribution in [3.63, 3.8) is 0 Å². The minimum absolute atomic E-state index is 0.128. The first-order valence-electron chi connectivity index (χ1n) is 3.49. The molecular formula is C8H7FIN. The fraction of sp³-hybridized carbons (Fsp3) is 0.250. The van der Waals surface area contributed by atoms with Crippen LogP contribution in [-0.2, 0) is 6.42 Å². The molecule has 1 N–H and O–H groups in total. The van der Waals surface area contributed by atoms with Crippen LogP contribution in [0, 0.1) is 9.39 Å². The highest BCUT2D eigenvalue weighted by Crippen LogP contribution is 2.28. The van der Waals surface area contributed by atoms with Gasteiger partial charge in [-0.15, -0.1) is 0 Å². The lowest BCUT2D eigenvalue weighted by atomic mass is 10.2. The lowest BCUT2D eigenvalue weighted by Gasteiger charge is -2.01. The van der Waals surface area contributed by atoms with Gasteiger partial charge in [-0.25, -0.2) is 4.39 Å². The third-order valence-corrected chi connectivity index (χ3v) is 2.68. The largest absolute Gasteiger partial charge is 0.384 e. The summed E-state index contributed by atoms with van der Waals surface area (Å²) in [6, 6.07) is 3.16. The first-order chi connectivity index (χ1) is 5.27. The van der Waals surface area contributed by atoms with Gasteiger partial charge in [0.15, 0.2) is 0 Å². The van der Waals surface area contributed by atoms with Crippen molar-refractivity contribution in [3.05, 3.63) is 27.1 Å². The lowest BCUT2D eigenvalue weighted by molar-refractivity contribution is 0.625. The summed E-state index contributed by atoms with van der Waals surface area (Å²) in [6.45, 7) is 0.939. The molecule has 1 nitrogen and oxygen atoms in total. The SMILES string of the molecule is Fc1cc(I)c2c(c1)CCN2. The fourth-order valence-corrected chi connectivity index (χ4v) is 2.18. The Morgan fingerprint density at radius 2 is 2.27 bits per heavy atom. The van der Waals surface area contributed by atoms with E-state index in [2.05, 4.69) is 27.9 Å². The molecule has 1 aromatic rings. The predicted octanol–water partition coefficient (Wildman–Crippen LogP) is 2.40. The highest BCUT2D eigenvalue weighted by molar-refractivity contribution is 14.1. The van der Waals surface area contributed by atoms with Gasteiger partial charge in [-0.2, -0.15) is 0 Å². The van der Waals surface area contributed by atoms with Gasteiger partial charge in [0.2, 0.25) is 0 Å². The minimum atomic E-state index is -0.128. The van der Waals surface area contributed by atoms with Crippen molar-refractivity contribution >= 4 is 28.3 Å². The van der Waals surface area contributed by atoms with Crippen molar-refractivity contribution in [2.75, 3.05) is 11.9 Å². The monoisotopic (exact) mass is 263 g/mol. The van der Waals surface area contributed by atoms with E-state index in [0.717, 1.165) is 27.8 Å². The molecule has 0 amide bonds. The summed E-state index contributed by atoms with van der Waals surface area (Å²) in [5.74, 6) is -0.128. The number of hydrogen-bond acceptors (Lipinski definition) is 1. The van der Waals surface area contributed by atoms with Crippen LogP contribution in [-0.4, -0.2) is 6.54 Å². The Hall–Kier alpha value is -0.320. The molecule has 0 atom stereocenters. The average Bonchev–Trinajstić information content (AvgIpc) is 2.34. The molecule has 2 rings (SSSR count). The standard InChI is InChI=1S/C8H7FIN/c9-6-3-5-1-2-11-8(5)7(10)4-6/h3-4,11H,1-2H2. The molecule has 3 heteroatoms. The third-order valence-electron chi connectivity index (χ3n) is 1.83. The molecule has 0 saturated heterocycles. The van der Waals surface area contributed by atoms with E-state index in [1.807, 2.05) is 0 Å². The van der Waals surface area contributed by atoms with Crippen LogP contribution < -0.4 is 5.32 Å². The Labute approximate surface area is 78.1 Å². The number of fused-ring (bicyclic) bond motifs is 1. The van der Waals surface area contributed by atoms with Crippen LogP contribution in [0.2, 0.25) is 0 Å². The molecule has 0 spiro atoms. The molecule has 1 heterocycles. The van der Waals surface area contributed by atoms with Crippen LogP contribution in [0.15, 0.2) is 12.1 Å². The van der Waals surface area contributed by atoms with E-state index in [1.54, 1.807) is 12.1 Å². The number of anilines is 1. The van der Waals surface area contributed by atoms with Gasteiger partial charge in [0.05, 0.1) is 5.69 Å². The average molecular weight is 263 g/mol. The van der Waals surface area contributed by atoms with Gasteiger partial charge in [0, 0.05) is 10.1 Å². The van der Waals surface area contributed by atoms with Crippen LogP contribution in [0.4, 0.5) is 10.1 Å². The van der Waals surface area contributed by atoms with Crippen LogP contribution in [0.3, 0.4) is 0 Å². The molecule has 58 valence electrons. The lowest BCUT2D eigenvalue weighted by Crippen LogP contribution is -1.92. The zero-order valence-corrected chi connectivity index (χ0v) is 7.98. The molecular weight excluding hydrogens is 256 g/mol. The molecule has 0 aliphatic carbocycles. The molecule has 0 saturated carbocycles. The highest BCUT2D eigenvalue weighted by Gasteiger charge is 2.13. The highest BCUT2D eigenvalue weighted by atomic mass is 127. The summed E-state index contributed by atoms with van der Waals surface area (Å²) >= 11 is 2.15. The molecule has 0 radical (unpaired) electrons. The van der Waals surface area contributed by atoms with Gasteiger partial charge < -0.3 is 5.32 Å². The summed E-state index contributed by atoms with van der Waals surface area (Å²) in [4.78, 5) is 0. The molecule has 1 aliphatic rings. The van der Waals surface area contributed by atoms with E-state index in [-0.39, 0.29) is 5.82 Å². The predicted molar refractivity (Wildman–Crippen MR) is 51.3 cm³/mol. The fourth-order valence-electron chi connectivity index (χ4n) is 1.34. The number of halogens is 2. The Balaban J connectivity index is 2.60. The number of hydrogen-bond donors (Lipinski definition) is 1. The maximum atomic E-state index is 12.8. The Bertz CT molecular complexity index is 298. The number of rotatable bonds is 0. The second kappa shape index (κ2) is 2.62. The van der Waals surface area contributed by atoms with Crippen molar-refractivity contribution in [2.24, 2.45) is 0 Å². The molecule has 1 aliphatic heterocycles. The zero-order chi connectivity index (χ0) is 7.84. The third kappa shape index (κ3) is 1.21. The summed E-state index contributed by atoms with van der Waals surface area (Å²) in [5, 5.41) is 3.22. The molecule has 0 fully saturated rings. The Kier molecular flexibility index (Phi) is 1.75. The van der Waals surface area contributed by atoms with Crippen molar-refractivity contribution in [3.8, 4) is 0 Å². The summed E-state index contributed by atoms with van der Waals surface area (Å²) < 4.78 is 13.8. The second-order valence-corrected chi connectivity index (χ2v) is 3.76. The summed E-state index contributed by atoms with van der Waals surface area (Å²) in [7, 11) is 0. The van der Waals surface area contributed by atoms with E-state index in [4.69, 9.17) is 0 Å². The van der Waals surface area contributed by atoms with Crippen LogP contribution >= 0.6 is 22.6 Å². The first-order valence-corrected chi connectivity index (χ1v) is 4.57. The zero-order valence-electron chi connectivity index (χ0n) is 5.82. The second-order valence-electron chi connectivity index (χ2n) is 2.60. The van der Waals surface area contributed by atoms with Crippen LogP contribution in [0.25, 0.3) is 0 Å². The van der Waals surface area contributed by atoms with Crippen LogP contribution in [0.5, 0.6) is 0 Å². The van der Waals surface area contributed by atoms with Crippen LogP contribution in [0.1, 0.15) is 5.56 Å². The molecule has 0 unspecified atom stereocenters. The Morgan fingerprint density at radius 1 is 1.45 bits per heavy atom. The van der Waals surface area contributed by atoms with Crippen molar-refractivity contribution < 1.29 is 4.39 Å². The first kappa shape index (κ1) is 7.34. The normalized spacial score (nSPS) is 14.4. The van der Waals surface area contributed by atoms with E-state index < -0.39 is 0 Å². The molecule has 0 aromatic heterocycles. The van der Waals surface area contributed by atoms with Gasteiger partial charge in [0.25, 0.3) is 0 Å². The topological polar surface area (TPSA) is 12.0 Å². The molecule has 0 bridgehead atoms. The Morgan fingerprint density at radius 3 is 3.09 bits per heavy atom. The van der Waals surface area contributed by atoms with E-state index in [0.29, 0.717) is 0 Å². The van der Waals surface area contributed by atoms with Crippen molar-refractivity contribution in [1.29, 1.82) is 0 Å². The summed E-state index contributed by atoms with van der Waals surface area (Å²) in [6.07, 6.45) is 0.948. The van der Waals surface area contributed by atoms with Gasteiger partial charge in [-0.1, -0.05) is 0 Å². The number of benzene rings is 1. The minimum Gasteiger partial charge on any atom is -0.384 e. The van der Waals surface area contributed by atoms with E-state index in [9.17, 15) is 4.39 Å². The summed E-state index contributed by atoms with van der Waals surface area (Å²) in [5.41, 5.74) is 2.22. The number of nitrogens with one attached hydrogen (secondary N) is 1. The van der Waals surface area contributed by atoms with Gasteiger partial charge in [0.1, 0.15) is 5.82 Å². The van der Waals surface area contributed by atoms with Crippen molar-refractivity contribution in [2.45, 2.75) is 6.42 Å². The molecule has 1 aromatic carbocycles. The van der Waals surface area contributed by atoms with Crippen molar-refractivity contribution in [1.82, 2.24) is 0 Å². The van der Waals surface area contributed by atoms with E-state index in [1.165, 1.54) is 0 Å². The maximum Gasteiger partial charge on any atom is 0.124 e. The maximum absolute atomic E-state index is 12.8. The van der Waals surface area contributed by atoms with Gasteiger partial charge >= 0.3 is 0 Å². The van der Waals surface area contributed by atoms with Gasteiger partial charge in [-0.3, -0.25) is 0 Å². The van der Waals surface area contributed by atoms with E-state index >= 15 is 0 Å². The quantitative estimate of drug-likeness (QED) is 0.709. The smallest absolute Gasteiger partial charge is 0.124 e. The molecule has 11 heavy (non-hydrogen) atoms. The van der Waals surface area contributed by atoms with Gasteiger partial charge in [-0.05, 0) is 46.7 Å².